The number of rotatable bonds is 6. The summed E-state index contributed by atoms with van der Waals surface area (Å²) in [7, 11) is 1.86. The number of piperidine rings is 1. The first-order valence-electron chi connectivity index (χ1n) is 8.23. The van der Waals surface area contributed by atoms with Crippen LogP contribution in [0.25, 0.3) is 0 Å². The van der Waals surface area contributed by atoms with Crippen molar-refractivity contribution in [2.75, 3.05) is 19.7 Å². The molecule has 1 amide bonds. The predicted octanol–water partition coefficient (Wildman–Crippen LogP) is 1.11. The predicted molar refractivity (Wildman–Crippen MR) is 84.9 cm³/mol. The van der Waals surface area contributed by atoms with Crippen molar-refractivity contribution in [3.63, 3.8) is 0 Å². The molecular formula is C16H23N5O3. The zero-order chi connectivity index (χ0) is 16.9. The van der Waals surface area contributed by atoms with Crippen molar-refractivity contribution in [3.8, 4) is 0 Å². The number of likely N-dealkylation sites (tertiary alicyclic amines) is 1. The highest BCUT2D eigenvalue weighted by molar-refractivity contribution is 5.77. The third-order valence-corrected chi connectivity index (χ3v) is 4.31. The first kappa shape index (κ1) is 16.6. The molecule has 0 N–H and O–H groups in total. The Morgan fingerprint density at radius 3 is 3.08 bits per heavy atom. The first-order chi connectivity index (χ1) is 11.6. The van der Waals surface area contributed by atoms with E-state index in [1.807, 2.05) is 18.0 Å². The largest absolute Gasteiger partial charge is 0.365 e. The Labute approximate surface area is 140 Å². The molecule has 8 nitrogen and oxygen atoms in total. The zero-order valence-corrected chi connectivity index (χ0v) is 14.1. The third-order valence-electron chi connectivity index (χ3n) is 4.31. The SMILES string of the molecule is Cc1nc(CC2CCCN(C(=O)COCc3ccnn3C)C2)no1. The molecule has 0 spiro atoms. The average molecular weight is 333 g/mol. The summed E-state index contributed by atoms with van der Waals surface area (Å²) < 4.78 is 12.3. The van der Waals surface area contributed by atoms with Gasteiger partial charge in [0.15, 0.2) is 5.82 Å². The molecule has 1 unspecified atom stereocenters. The van der Waals surface area contributed by atoms with Crippen molar-refractivity contribution in [1.29, 1.82) is 0 Å². The standard InChI is InChI=1S/C16H23N5O3/c1-12-18-15(19-24-12)8-13-4-3-7-21(9-13)16(22)11-23-10-14-5-6-17-20(14)2/h5-6,13H,3-4,7-11H2,1-2H3. The fourth-order valence-electron chi connectivity index (χ4n) is 3.02. The second-order valence-corrected chi connectivity index (χ2v) is 6.22. The Kier molecular flexibility index (Phi) is 5.24. The molecule has 130 valence electrons. The Bertz CT molecular complexity index is 681. The molecule has 1 fully saturated rings. The number of nitrogens with zero attached hydrogens (tertiary/aromatic N) is 5. The smallest absolute Gasteiger partial charge is 0.248 e. The van der Waals surface area contributed by atoms with Gasteiger partial charge in [-0.3, -0.25) is 9.48 Å². The van der Waals surface area contributed by atoms with E-state index in [9.17, 15) is 4.79 Å². The lowest BCUT2D eigenvalue weighted by Gasteiger charge is -2.32. The molecule has 1 aliphatic heterocycles. The maximum Gasteiger partial charge on any atom is 0.248 e. The van der Waals surface area contributed by atoms with Crippen LogP contribution in [0.3, 0.4) is 0 Å². The van der Waals surface area contributed by atoms with E-state index in [0.717, 1.165) is 43.9 Å². The van der Waals surface area contributed by atoms with Crippen LogP contribution < -0.4 is 0 Å². The summed E-state index contributed by atoms with van der Waals surface area (Å²) in [5.74, 6) is 1.71. The lowest BCUT2D eigenvalue weighted by molar-refractivity contribution is -0.138. The molecule has 1 atom stereocenters. The summed E-state index contributed by atoms with van der Waals surface area (Å²) in [6.07, 6.45) is 4.54. The second kappa shape index (κ2) is 7.57. The Balaban J connectivity index is 1.45. The van der Waals surface area contributed by atoms with E-state index >= 15 is 0 Å². The molecule has 3 rings (SSSR count). The van der Waals surface area contributed by atoms with Crippen molar-refractivity contribution < 1.29 is 14.1 Å². The van der Waals surface area contributed by atoms with Crippen LogP contribution in [0.4, 0.5) is 0 Å². The maximum absolute atomic E-state index is 12.3. The van der Waals surface area contributed by atoms with Crippen LogP contribution in [0, 0.1) is 12.8 Å². The van der Waals surface area contributed by atoms with Gasteiger partial charge in [0.1, 0.15) is 6.61 Å². The number of aromatic nitrogens is 4. The molecule has 2 aromatic rings. The number of hydrogen-bond donors (Lipinski definition) is 0. The van der Waals surface area contributed by atoms with E-state index in [1.54, 1.807) is 17.8 Å². The van der Waals surface area contributed by atoms with Gasteiger partial charge in [-0.25, -0.2) is 0 Å². The lowest BCUT2D eigenvalue weighted by atomic mass is 9.94. The van der Waals surface area contributed by atoms with E-state index in [0.29, 0.717) is 18.4 Å². The Morgan fingerprint density at radius 2 is 2.38 bits per heavy atom. The van der Waals surface area contributed by atoms with E-state index < -0.39 is 0 Å². The van der Waals surface area contributed by atoms with Crippen molar-refractivity contribution >= 4 is 5.91 Å². The van der Waals surface area contributed by atoms with Gasteiger partial charge >= 0.3 is 0 Å². The lowest BCUT2D eigenvalue weighted by Crippen LogP contribution is -2.42. The number of amides is 1. The van der Waals surface area contributed by atoms with Gasteiger partial charge in [-0.1, -0.05) is 5.16 Å². The molecule has 0 radical (unpaired) electrons. The molecule has 2 aromatic heterocycles. The van der Waals surface area contributed by atoms with Crippen molar-refractivity contribution in [1.82, 2.24) is 24.8 Å². The molecule has 0 aromatic carbocycles. The van der Waals surface area contributed by atoms with Gasteiger partial charge in [0.2, 0.25) is 11.8 Å². The van der Waals surface area contributed by atoms with Crippen LogP contribution in [0.1, 0.15) is 30.3 Å². The number of hydrogen-bond acceptors (Lipinski definition) is 6. The summed E-state index contributed by atoms with van der Waals surface area (Å²) in [6.45, 7) is 3.78. The van der Waals surface area contributed by atoms with Crippen molar-refractivity contribution in [3.05, 3.63) is 29.7 Å². The normalized spacial score (nSPS) is 18.1. The minimum atomic E-state index is 0.0335. The minimum absolute atomic E-state index is 0.0335. The fourth-order valence-corrected chi connectivity index (χ4v) is 3.02. The number of carbonyl (C=O) groups excluding carboxylic acids is 1. The quantitative estimate of drug-likeness (QED) is 0.787. The van der Waals surface area contributed by atoms with Crippen LogP contribution in [-0.4, -0.2) is 50.4 Å². The van der Waals surface area contributed by atoms with E-state index in [4.69, 9.17) is 9.26 Å². The van der Waals surface area contributed by atoms with Gasteiger partial charge in [0.25, 0.3) is 0 Å². The van der Waals surface area contributed by atoms with Crippen LogP contribution >= 0.6 is 0 Å². The van der Waals surface area contributed by atoms with Crippen LogP contribution in [-0.2, 0) is 29.6 Å². The molecule has 1 saturated heterocycles. The van der Waals surface area contributed by atoms with E-state index in [-0.39, 0.29) is 12.5 Å². The highest BCUT2D eigenvalue weighted by atomic mass is 16.5. The number of ether oxygens (including phenoxy) is 1. The van der Waals surface area contributed by atoms with E-state index in [1.165, 1.54) is 0 Å². The second-order valence-electron chi connectivity index (χ2n) is 6.22. The van der Waals surface area contributed by atoms with E-state index in [2.05, 4.69) is 15.2 Å². The van der Waals surface area contributed by atoms with Gasteiger partial charge in [0.05, 0.1) is 12.3 Å². The molecule has 0 aliphatic carbocycles. The van der Waals surface area contributed by atoms with Crippen molar-refractivity contribution in [2.45, 2.75) is 32.8 Å². The van der Waals surface area contributed by atoms with Gasteiger partial charge in [-0.15, -0.1) is 0 Å². The van der Waals surface area contributed by atoms with Gasteiger partial charge < -0.3 is 14.2 Å². The molecule has 24 heavy (non-hydrogen) atoms. The molecular weight excluding hydrogens is 310 g/mol. The minimum Gasteiger partial charge on any atom is -0.365 e. The molecule has 0 saturated carbocycles. The zero-order valence-electron chi connectivity index (χ0n) is 14.1. The summed E-state index contributed by atoms with van der Waals surface area (Å²) in [4.78, 5) is 18.5. The van der Waals surface area contributed by atoms with Gasteiger partial charge in [-0.2, -0.15) is 10.1 Å². The Morgan fingerprint density at radius 1 is 1.50 bits per heavy atom. The highest BCUT2D eigenvalue weighted by Crippen LogP contribution is 2.20. The topological polar surface area (TPSA) is 86.3 Å². The number of carbonyl (C=O) groups is 1. The summed E-state index contributed by atoms with van der Waals surface area (Å²) >= 11 is 0. The fraction of sp³-hybridized carbons (Fsp3) is 0.625. The average Bonchev–Trinajstić information content (AvgIpc) is 3.16. The van der Waals surface area contributed by atoms with Gasteiger partial charge in [0, 0.05) is 39.7 Å². The maximum atomic E-state index is 12.3. The molecule has 1 aliphatic rings. The molecule has 3 heterocycles. The summed E-state index contributed by atoms with van der Waals surface area (Å²) in [6, 6.07) is 1.88. The highest BCUT2D eigenvalue weighted by Gasteiger charge is 2.25. The summed E-state index contributed by atoms with van der Waals surface area (Å²) in [5.41, 5.74) is 0.951. The summed E-state index contributed by atoms with van der Waals surface area (Å²) in [5, 5.41) is 8.02. The van der Waals surface area contributed by atoms with Crippen LogP contribution in [0.5, 0.6) is 0 Å². The number of aryl methyl sites for hydroxylation is 2. The molecule has 8 heteroatoms. The Hall–Kier alpha value is -2.22. The third kappa shape index (κ3) is 4.19. The first-order valence-corrected chi connectivity index (χ1v) is 8.23. The molecule has 0 bridgehead atoms. The van der Waals surface area contributed by atoms with Gasteiger partial charge in [-0.05, 0) is 24.8 Å². The van der Waals surface area contributed by atoms with Crippen LogP contribution in [0.2, 0.25) is 0 Å². The monoisotopic (exact) mass is 333 g/mol. The van der Waals surface area contributed by atoms with Crippen LogP contribution in [0.15, 0.2) is 16.8 Å². The van der Waals surface area contributed by atoms with Crippen molar-refractivity contribution in [2.24, 2.45) is 13.0 Å².